The SMILES string of the molecule is CCOC(=O)Cc1c(N)cccc1F. The number of nitrogens with two attached hydrogens (primary N) is 1. The molecule has 0 radical (unpaired) electrons. The fourth-order valence-corrected chi connectivity index (χ4v) is 1.12. The number of halogens is 1. The van der Waals surface area contributed by atoms with Crippen LogP contribution >= 0.6 is 0 Å². The Hall–Kier alpha value is -1.58. The van der Waals surface area contributed by atoms with Crippen LogP contribution in [-0.2, 0) is 16.0 Å². The summed E-state index contributed by atoms with van der Waals surface area (Å²) in [5.74, 6) is -0.942. The van der Waals surface area contributed by atoms with E-state index in [-0.39, 0.29) is 24.3 Å². The van der Waals surface area contributed by atoms with Crippen LogP contribution in [0.4, 0.5) is 10.1 Å². The fraction of sp³-hybridized carbons (Fsp3) is 0.300. The van der Waals surface area contributed by atoms with Gasteiger partial charge < -0.3 is 10.5 Å². The van der Waals surface area contributed by atoms with Gasteiger partial charge in [0, 0.05) is 11.3 Å². The lowest BCUT2D eigenvalue weighted by atomic mass is 10.1. The summed E-state index contributed by atoms with van der Waals surface area (Å²) in [6.45, 7) is 1.98. The summed E-state index contributed by atoms with van der Waals surface area (Å²) in [5.41, 5.74) is 5.99. The topological polar surface area (TPSA) is 52.3 Å². The van der Waals surface area contributed by atoms with Gasteiger partial charge in [0.05, 0.1) is 13.0 Å². The van der Waals surface area contributed by atoms with Gasteiger partial charge in [0.2, 0.25) is 0 Å². The summed E-state index contributed by atoms with van der Waals surface area (Å²) in [7, 11) is 0. The van der Waals surface area contributed by atoms with Gasteiger partial charge in [-0.05, 0) is 19.1 Å². The lowest BCUT2D eigenvalue weighted by molar-refractivity contribution is -0.142. The smallest absolute Gasteiger partial charge is 0.310 e. The van der Waals surface area contributed by atoms with Gasteiger partial charge in [-0.2, -0.15) is 0 Å². The zero-order valence-electron chi connectivity index (χ0n) is 7.92. The number of hydrogen-bond acceptors (Lipinski definition) is 3. The second-order valence-corrected chi connectivity index (χ2v) is 2.79. The van der Waals surface area contributed by atoms with E-state index >= 15 is 0 Å². The molecule has 1 aromatic rings. The third kappa shape index (κ3) is 2.45. The van der Waals surface area contributed by atoms with Gasteiger partial charge in [0.15, 0.2) is 0 Å². The number of rotatable bonds is 3. The van der Waals surface area contributed by atoms with Crippen LogP contribution in [0.5, 0.6) is 0 Å². The maximum atomic E-state index is 13.2. The highest BCUT2D eigenvalue weighted by Crippen LogP contribution is 2.16. The summed E-state index contributed by atoms with van der Waals surface area (Å²) < 4.78 is 17.9. The van der Waals surface area contributed by atoms with Crippen LogP contribution in [0.3, 0.4) is 0 Å². The monoisotopic (exact) mass is 197 g/mol. The zero-order valence-corrected chi connectivity index (χ0v) is 7.92. The molecule has 0 saturated carbocycles. The van der Waals surface area contributed by atoms with Crippen molar-refractivity contribution in [3.05, 3.63) is 29.6 Å². The van der Waals surface area contributed by atoms with Crippen LogP contribution in [0.2, 0.25) is 0 Å². The van der Waals surface area contributed by atoms with Crippen molar-refractivity contribution in [1.29, 1.82) is 0 Å². The van der Waals surface area contributed by atoms with Gasteiger partial charge in [0.1, 0.15) is 5.82 Å². The molecule has 1 aromatic carbocycles. The van der Waals surface area contributed by atoms with Crippen molar-refractivity contribution in [3.63, 3.8) is 0 Å². The van der Waals surface area contributed by atoms with E-state index < -0.39 is 11.8 Å². The predicted molar refractivity (Wildman–Crippen MR) is 51.1 cm³/mol. The van der Waals surface area contributed by atoms with E-state index in [1.165, 1.54) is 12.1 Å². The van der Waals surface area contributed by atoms with Crippen LogP contribution < -0.4 is 5.73 Å². The maximum Gasteiger partial charge on any atom is 0.310 e. The highest BCUT2D eigenvalue weighted by molar-refractivity contribution is 5.74. The molecule has 0 unspecified atom stereocenters. The third-order valence-electron chi connectivity index (χ3n) is 1.78. The summed E-state index contributed by atoms with van der Waals surface area (Å²) >= 11 is 0. The van der Waals surface area contributed by atoms with Gasteiger partial charge in [-0.15, -0.1) is 0 Å². The number of nitrogen functional groups attached to an aromatic ring is 1. The molecule has 0 fully saturated rings. The molecule has 0 bridgehead atoms. The minimum Gasteiger partial charge on any atom is -0.466 e. The Kier molecular flexibility index (Phi) is 3.45. The van der Waals surface area contributed by atoms with E-state index in [2.05, 4.69) is 0 Å². The molecule has 3 nitrogen and oxygen atoms in total. The van der Waals surface area contributed by atoms with Crippen LogP contribution in [0.15, 0.2) is 18.2 Å². The number of benzene rings is 1. The summed E-state index contributed by atoms with van der Waals surface area (Å²) in [5, 5.41) is 0. The van der Waals surface area contributed by atoms with E-state index in [0.717, 1.165) is 0 Å². The second-order valence-electron chi connectivity index (χ2n) is 2.79. The minimum atomic E-state index is -0.474. The van der Waals surface area contributed by atoms with Crippen LogP contribution in [0.25, 0.3) is 0 Å². The summed E-state index contributed by atoms with van der Waals surface area (Å²) in [6.07, 6.45) is -0.119. The molecule has 0 atom stereocenters. The van der Waals surface area contributed by atoms with E-state index in [0.29, 0.717) is 0 Å². The van der Waals surface area contributed by atoms with Crippen molar-refractivity contribution in [2.45, 2.75) is 13.3 Å². The predicted octanol–water partition coefficient (Wildman–Crippen LogP) is 1.51. The average Bonchev–Trinajstić information content (AvgIpc) is 2.12. The molecule has 0 aliphatic heterocycles. The van der Waals surface area contributed by atoms with Gasteiger partial charge in [-0.1, -0.05) is 6.07 Å². The van der Waals surface area contributed by atoms with E-state index in [4.69, 9.17) is 10.5 Å². The Balaban J connectivity index is 2.80. The molecule has 0 aromatic heterocycles. The molecular formula is C10H12FNO2. The molecule has 0 heterocycles. The van der Waals surface area contributed by atoms with E-state index in [1.807, 2.05) is 0 Å². The first-order valence-corrected chi connectivity index (χ1v) is 4.33. The van der Waals surface area contributed by atoms with Gasteiger partial charge >= 0.3 is 5.97 Å². The van der Waals surface area contributed by atoms with Crippen LogP contribution in [0, 0.1) is 5.82 Å². The van der Waals surface area contributed by atoms with E-state index in [1.54, 1.807) is 13.0 Å². The number of carbonyl (C=O) groups excluding carboxylic acids is 1. The lowest BCUT2D eigenvalue weighted by Gasteiger charge is -2.05. The first-order valence-electron chi connectivity index (χ1n) is 4.33. The van der Waals surface area contributed by atoms with Crippen molar-refractivity contribution >= 4 is 11.7 Å². The lowest BCUT2D eigenvalue weighted by Crippen LogP contribution is -2.10. The normalized spacial score (nSPS) is 9.86. The summed E-state index contributed by atoms with van der Waals surface area (Å²) in [4.78, 5) is 11.1. The molecular weight excluding hydrogens is 185 g/mol. The molecule has 14 heavy (non-hydrogen) atoms. The van der Waals surface area contributed by atoms with Crippen LogP contribution in [-0.4, -0.2) is 12.6 Å². The average molecular weight is 197 g/mol. The third-order valence-corrected chi connectivity index (χ3v) is 1.78. The maximum absolute atomic E-state index is 13.2. The van der Waals surface area contributed by atoms with Gasteiger partial charge in [-0.25, -0.2) is 4.39 Å². The molecule has 76 valence electrons. The Morgan fingerprint density at radius 2 is 2.29 bits per heavy atom. The molecule has 2 N–H and O–H groups in total. The van der Waals surface area contributed by atoms with Gasteiger partial charge in [-0.3, -0.25) is 4.79 Å². The number of anilines is 1. The van der Waals surface area contributed by atoms with Crippen molar-refractivity contribution in [3.8, 4) is 0 Å². The minimum absolute atomic E-state index is 0.119. The first-order chi connectivity index (χ1) is 6.65. The van der Waals surface area contributed by atoms with Crippen molar-refractivity contribution in [2.75, 3.05) is 12.3 Å². The highest BCUT2D eigenvalue weighted by Gasteiger charge is 2.11. The standard InChI is InChI=1S/C10H12FNO2/c1-2-14-10(13)6-7-8(11)4-3-5-9(7)12/h3-5H,2,6,12H2,1H3. The Morgan fingerprint density at radius 3 is 2.86 bits per heavy atom. The number of hydrogen-bond donors (Lipinski definition) is 1. The van der Waals surface area contributed by atoms with Crippen molar-refractivity contribution < 1.29 is 13.9 Å². The van der Waals surface area contributed by atoms with Crippen molar-refractivity contribution in [1.82, 2.24) is 0 Å². The number of esters is 1. The molecule has 4 heteroatoms. The molecule has 1 rings (SSSR count). The highest BCUT2D eigenvalue weighted by atomic mass is 19.1. The largest absolute Gasteiger partial charge is 0.466 e. The quantitative estimate of drug-likeness (QED) is 0.590. The second kappa shape index (κ2) is 4.60. The van der Waals surface area contributed by atoms with Gasteiger partial charge in [0.25, 0.3) is 0 Å². The Bertz CT molecular complexity index is 319. The first kappa shape index (κ1) is 10.5. The fourth-order valence-electron chi connectivity index (χ4n) is 1.12. The zero-order chi connectivity index (χ0) is 10.6. The number of carbonyl (C=O) groups is 1. The van der Waals surface area contributed by atoms with Crippen LogP contribution in [0.1, 0.15) is 12.5 Å². The molecule has 0 aliphatic carbocycles. The van der Waals surface area contributed by atoms with Crippen molar-refractivity contribution in [2.24, 2.45) is 0 Å². The molecule has 0 amide bonds. The Morgan fingerprint density at radius 1 is 1.57 bits per heavy atom. The Labute approximate surface area is 81.7 Å². The van der Waals surface area contributed by atoms with E-state index in [9.17, 15) is 9.18 Å². The summed E-state index contributed by atoms with van der Waals surface area (Å²) in [6, 6.07) is 4.32. The molecule has 0 spiro atoms. The molecule has 0 saturated heterocycles. The number of ether oxygens (including phenoxy) is 1. The molecule has 0 aliphatic rings.